The van der Waals surface area contributed by atoms with Crippen LogP contribution in [0.5, 0.6) is 11.5 Å². The fraction of sp³-hybridized carbons (Fsp3) is 0.148. The molecule has 0 fully saturated rings. The van der Waals surface area contributed by atoms with Crippen LogP contribution in [0.4, 0.5) is 11.4 Å². The fourth-order valence-electron chi connectivity index (χ4n) is 3.10. The molecule has 3 rings (SSSR count). The van der Waals surface area contributed by atoms with Crippen molar-refractivity contribution in [2.75, 3.05) is 19.8 Å². The van der Waals surface area contributed by atoms with Gasteiger partial charge in [-0.3, -0.25) is 9.59 Å². The molecule has 2 N–H and O–H groups in total. The van der Waals surface area contributed by atoms with Crippen molar-refractivity contribution < 1.29 is 29.0 Å². The first-order chi connectivity index (χ1) is 17.4. The Morgan fingerprint density at radius 1 is 1.00 bits per heavy atom. The average molecular weight is 488 g/mol. The molecule has 0 radical (unpaired) electrons. The number of hydrogen-bond acceptors (Lipinski definition) is 8. The van der Waals surface area contributed by atoms with E-state index in [1.54, 1.807) is 61.5 Å². The van der Waals surface area contributed by atoms with Crippen LogP contribution in [0.1, 0.15) is 33.2 Å². The Hall–Kier alpha value is -4.79. The zero-order valence-electron chi connectivity index (χ0n) is 19.6. The van der Waals surface area contributed by atoms with Gasteiger partial charge in [-0.2, -0.15) is 5.11 Å². The Bertz CT molecular complexity index is 1270. The topological polar surface area (TPSA) is 127 Å². The quantitative estimate of drug-likeness (QED) is 0.130. The number of phenols is 1. The number of esters is 1. The Morgan fingerprint density at radius 3 is 2.39 bits per heavy atom. The van der Waals surface area contributed by atoms with Gasteiger partial charge in [0.15, 0.2) is 11.5 Å². The minimum Gasteiger partial charge on any atom is -0.507 e. The van der Waals surface area contributed by atoms with Crippen molar-refractivity contribution in [2.45, 2.75) is 6.92 Å². The number of benzene rings is 3. The summed E-state index contributed by atoms with van der Waals surface area (Å²) in [5.74, 6) is -1.20. The number of nitrogens with one attached hydrogen (secondary N) is 1. The van der Waals surface area contributed by atoms with Gasteiger partial charge in [0, 0.05) is 23.3 Å². The molecular formula is C27H25N3O6. The molecule has 0 heterocycles. The van der Waals surface area contributed by atoms with E-state index in [4.69, 9.17) is 9.47 Å². The molecule has 9 nitrogen and oxygen atoms in total. The van der Waals surface area contributed by atoms with E-state index >= 15 is 0 Å². The Kier molecular flexibility index (Phi) is 9.05. The van der Waals surface area contributed by atoms with E-state index in [9.17, 15) is 19.5 Å². The van der Waals surface area contributed by atoms with Gasteiger partial charge in [-0.1, -0.05) is 36.9 Å². The molecule has 0 bridgehead atoms. The van der Waals surface area contributed by atoms with Crippen molar-refractivity contribution in [2.24, 2.45) is 10.2 Å². The van der Waals surface area contributed by atoms with Crippen molar-refractivity contribution in [3.63, 3.8) is 0 Å². The summed E-state index contributed by atoms with van der Waals surface area (Å²) >= 11 is 0. The summed E-state index contributed by atoms with van der Waals surface area (Å²) in [6.07, 6.45) is 1.05. The van der Waals surface area contributed by atoms with Crippen LogP contribution < -0.4 is 10.1 Å². The number of amides is 1. The summed E-state index contributed by atoms with van der Waals surface area (Å²) in [7, 11) is 0. The summed E-state index contributed by atoms with van der Waals surface area (Å²) in [5, 5.41) is 21.4. The molecule has 9 heteroatoms. The molecule has 0 aromatic heterocycles. The summed E-state index contributed by atoms with van der Waals surface area (Å²) in [4.78, 5) is 36.1. The van der Waals surface area contributed by atoms with Crippen molar-refractivity contribution >= 4 is 29.0 Å². The maximum Gasteiger partial charge on any atom is 0.330 e. The molecule has 0 atom stereocenters. The maximum atomic E-state index is 12.9. The number of carbonyl (C=O) groups is 3. The number of rotatable bonds is 11. The van der Waals surface area contributed by atoms with Crippen LogP contribution in [0.15, 0.2) is 89.6 Å². The molecule has 0 aliphatic rings. The monoisotopic (exact) mass is 487 g/mol. The molecule has 0 saturated heterocycles. The Morgan fingerprint density at radius 2 is 1.72 bits per heavy atom. The van der Waals surface area contributed by atoms with Gasteiger partial charge in [0.05, 0.1) is 24.4 Å². The normalized spacial score (nSPS) is 10.6. The predicted molar refractivity (Wildman–Crippen MR) is 133 cm³/mol. The number of aromatic hydroxyl groups is 1. The van der Waals surface area contributed by atoms with Crippen LogP contribution >= 0.6 is 0 Å². The summed E-state index contributed by atoms with van der Waals surface area (Å²) in [5.41, 5.74) is 1.61. The van der Waals surface area contributed by atoms with E-state index in [0.717, 1.165) is 6.08 Å². The van der Waals surface area contributed by atoms with Crippen LogP contribution in [-0.4, -0.2) is 42.5 Å². The number of phenolic OH excluding ortho intramolecular Hbond substituents is 1. The lowest BCUT2D eigenvalue weighted by Crippen LogP contribution is -2.27. The molecular weight excluding hydrogens is 462 g/mol. The van der Waals surface area contributed by atoms with Crippen LogP contribution in [-0.2, 0) is 9.53 Å². The highest BCUT2D eigenvalue weighted by Crippen LogP contribution is 2.36. The lowest BCUT2D eigenvalue weighted by Gasteiger charge is -2.10. The highest BCUT2D eigenvalue weighted by molar-refractivity contribution is 6.11. The average Bonchev–Trinajstić information content (AvgIpc) is 2.91. The third-order valence-corrected chi connectivity index (χ3v) is 4.86. The predicted octanol–water partition coefficient (Wildman–Crippen LogP) is 4.90. The third kappa shape index (κ3) is 6.86. The van der Waals surface area contributed by atoms with Crippen LogP contribution in [0.25, 0.3) is 0 Å². The zero-order chi connectivity index (χ0) is 25.9. The molecule has 184 valence electrons. The zero-order valence-corrected chi connectivity index (χ0v) is 19.6. The second-order valence-corrected chi connectivity index (χ2v) is 7.34. The van der Waals surface area contributed by atoms with Gasteiger partial charge in [-0.25, -0.2) is 4.79 Å². The molecule has 0 aliphatic carbocycles. The van der Waals surface area contributed by atoms with Crippen LogP contribution in [0.2, 0.25) is 0 Å². The lowest BCUT2D eigenvalue weighted by molar-refractivity contribution is -0.137. The van der Waals surface area contributed by atoms with Gasteiger partial charge < -0.3 is 19.9 Å². The van der Waals surface area contributed by atoms with E-state index in [2.05, 4.69) is 22.1 Å². The molecule has 0 aliphatic heterocycles. The van der Waals surface area contributed by atoms with Crippen LogP contribution in [0.3, 0.4) is 0 Å². The molecule has 3 aromatic carbocycles. The maximum absolute atomic E-state index is 12.9. The Balaban J connectivity index is 1.74. The number of nitrogens with zero attached hydrogens (tertiary/aromatic N) is 2. The van der Waals surface area contributed by atoms with E-state index in [1.165, 1.54) is 12.1 Å². The minimum atomic E-state index is -0.559. The summed E-state index contributed by atoms with van der Waals surface area (Å²) in [6, 6.07) is 17.7. The highest BCUT2D eigenvalue weighted by Gasteiger charge is 2.18. The van der Waals surface area contributed by atoms with Crippen molar-refractivity contribution in [3.05, 3.63) is 96.1 Å². The van der Waals surface area contributed by atoms with E-state index in [0.29, 0.717) is 23.4 Å². The van der Waals surface area contributed by atoms with Gasteiger partial charge in [-0.05, 0) is 37.3 Å². The number of carbonyl (C=O) groups excluding carboxylic acids is 3. The number of ketones is 1. The number of ether oxygens (including phenoxy) is 2. The summed E-state index contributed by atoms with van der Waals surface area (Å²) < 4.78 is 10.4. The lowest BCUT2D eigenvalue weighted by atomic mass is 10.0. The van der Waals surface area contributed by atoms with Crippen molar-refractivity contribution in [1.82, 2.24) is 5.32 Å². The molecule has 0 saturated carbocycles. The van der Waals surface area contributed by atoms with Gasteiger partial charge in [-0.15, -0.1) is 5.11 Å². The number of azo groups is 1. The second-order valence-electron chi connectivity index (χ2n) is 7.34. The van der Waals surface area contributed by atoms with Crippen LogP contribution in [0, 0.1) is 0 Å². The van der Waals surface area contributed by atoms with Gasteiger partial charge in [0.25, 0.3) is 5.91 Å². The Labute approximate surface area is 208 Å². The largest absolute Gasteiger partial charge is 0.507 e. The smallest absolute Gasteiger partial charge is 0.330 e. The van der Waals surface area contributed by atoms with E-state index in [1.807, 2.05) is 0 Å². The van der Waals surface area contributed by atoms with Crippen molar-refractivity contribution in [1.29, 1.82) is 0 Å². The highest BCUT2D eigenvalue weighted by atomic mass is 16.5. The molecule has 1 amide bonds. The van der Waals surface area contributed by atoms with Gasteiger partial charge in [0.2, 0.25) is 0 Å². The molecule has 3 aromatic rings. The minimum absolute atomic E-state index is 0.0342. The third-order valence-electron chi connectivity index (χ3n) is 4.86. The van der Waals surface area contributed by atoms with E-state index < -0.39 is 5.97 Å². The summed E-state index contributed by atoms with van der Waals surface area (Å²) in [6.45, 7) is 5.60. The SMILES string of the molecule is C=CC(=O)OCCNC(=O)c1ccc(N=Nc2cc(C(=O)c3ccccc3)c(O)cc2OCC)cc1. The van der Waals surface area contributed by atoms with Gasteiger partial charge >= 0.3 is 5.97 Å². The van der Waals surface area contributed by atoms with Crippen molar-refractivity contribution in [3.8, 4) is 11.5 Å². The first-order valence-corrected chi connectivity index (χ1v) is 11.1. The fourth-order valence-corrected chi connectivity index (χ4v) is 3.10. The molecule has 36 heavy (non-hydrogen) atoms. The van der Waals surface area contributed by atoms with E-state index in [-0.39, 0.29) is 47.6 Å². The standard InChI is InChI=1S/C27H25N3O6/c1-3-25(32)36-15-14-28-27(34)19-10-12-20(13-11-19)29-30-22-16-21(23(31)17-24(22)35-4-2)26(33)18-8-6-5-7-9-18/h3,5-13,16-17,31H,1,4,14-15H2,2H3,(H,28,34). The second kappa shape index (κ2) is 12.6. The number of hydrogen-bond donors (Lipinski definition) is 2. The first kappa shape index (κ1) is 25.8. The molecule has 0 spiro atoms. The first-order valence-electron chi connectivity index (χ1n) is 11.1. The van der Waals surface area contributed by atoms with Gasteiger partial charge in [0.1, 0.15) is 18.0 Å². The molecule has 0 unspecified atom stereocenters.